The molecule has 2 aliphatic heterocycles. The normalized spacial score (nSPS) is 22.8. The molecular weight excluding hydrogens is 330 g/mol. The van der Waals surface area contributed by atoms with Crippen molar-refractivity contribution in [1.82, 2.24) is 14.9 Å². The van der Waals surface area contributed by atoms with Gasteiger partial charge in [0.1, 0.15) is 5.82 Å². The van der Waals surface area contributed by atoms with E-state index in [0.29, 0.717) is 37.7 Å². The first-order valence-electron chi connectivity index (χ1n) is 7.41. The molecule has 0 spiro atoms. The number of rotatable bonds is 3. The summed E-state index contributed by atoms with van der Waals surface area (Å²) in [7, 11) is 0. The Morgan fingerprint density at radius 3 is 2.87 bits per heavy atom. The molecule has 0 amide bonds. The predicted octanol–water partition coefficient (Wildman–Crippen LogP) is 1.50. The third-order valence-corrected chi connectivity index (χ3v) is 4.39. The highest BCUT2D eigenvalue weighted by Crippen LogP contribution is 2.32. The molecular formula is C14H17ClF2N4O2. The second-order valence-electron chi connectivity index (χ2n) is 5.74. The number of carbonyl (C=O) groups is 1. The Kier molecular flexibility index (Phi) is 4.48. The van der Waals surface area contributed by atoms with Gasteiger partial charge in [0.2, 0.25) is 11.6 Å². The fourth-order valence-corrected chi connectivity index (χ4v) is 3.17. The van der Waals surface area contributed by atoms with Gasteiger partial charge >= 0.3 is 6.05 Å². The van der Waals surface area contributed by atoms with Crippen molar-refractivity contribution >= 4 is 23.7 Å². The van der Waals surface area contributed by atoms with E-state index in [1.165, 1.54) is 0 Å². The molecule has 1 fully saturated rings. The smallest absolute Gasteiger partial charge is 0.361 e. The average Bonchev–Trinajstić information content (AvgIpc) is 2.54. The predicted molar refractivity (Wildman–Crippen MR) is 79.8 cm³/mol. The Morgan fingerprint density at radius 2 is 2.17 bits per heavy atom. The summed E-state index contributed by atoms with van der Waals surface area (Å²) in [6.07, 6.45) is 0.00108. The molecule has 1 unspecified atom stereocenters. The van der Waals surface area contributed by atoms with E-state index < -0.39 is 6.05 Å². The molecule has 3 rings (SSSR count). The topological polar surface area (TPSA) is 58.6 Å². The zero-order valence-electron chi connectivity index (χ0n) is 12.6. The van der Waals surface area contributed by atoms with Crippen LogP contribution in [-0.2, 0) is 22.5 Å². The molecule has 2 aliphatic rings. The van der Waals surface area contributed by atoms with Crippen LogP contribution in [-0.4, -0.2) is 59.5 Å². The summed E-state index contributed by atoms with van der Waals surface area (Å²) >= 11 is 5.99. The summed E-state index contributed by atoms with van der Waals surface area (Å²) < 4.78 is 32.6. The molecule has 0 N–H and O–H groups in total. The lowest BCUT2D eigenvalue weighted by atomic mass is 10.0. The van der Waals surface area contributed by atoms with Crippen LogP contribution in [0.5, 0.6) is 0 Å². The molecule has 3 heterocycles. The summed E-state index contributed by atoms with van der Waals surface area (Å²) in [5.74, 6) is 0.685. The van der Waals surface area contributed by atoms with Gasteiger partial charge in [-0.05, 0) is 24.9 Å². The minimum absolute atomic E-state index is 0.0220. The lowest BCUT2D eigenvalue weighted by Gasteiger charge is -2.38. The Balaban J connectivity index is 1.95. The van der Waals surface area contributed by atoms with Gasteiger partial charge in [0, 0.05) is 25.2 Å². The van der Waals surface area contributed by atoms with Crippen molar-refractivity contribution in [3.8, 4) is 0 Å². The summed E-state index contributed by atoms with van der Waals surface area (Å²) in [5, 5.41) is 0.0220. The van der Waals surface area contributed by atoms with Crippen molar-refractivity contribution in [3.05, 3.63) is 16.5 Å². The van der Waals surface area contributed by atoms with E-state index in [1.807, 2.05) is 6.92 Å². The maximum atomic E-state index is 13.6. The van der Waals surface area contributed by atoms with Gasteiger partial charge in [0.05, 0.1) is 24.9 Å². The fourth-order valence-electron chi connectivity index (χ4n) is 2.99. The van der Waals surface area contributed by atoms with Crippen molar-refractivity contribution in [3.63, 3.8) is 0 Å². The highest BCUT2D eigenvalue weighted by atomic mass is 35.5. The van der Waals surface area contributed by atoms with Crippen LogP contribution in [0.15, 0.2) is 0 Å². The molecule has 1 saturated heterocycles. The lowest BCUT2D eigenvalue weighted by molar-refractivity contribution is -0.165. The molecule has 0 aromatic carbocycles. The summed E-state index contributed by atoms with van der Waals surface area (Å²) in [6.45, 7) is 3.76. The fraction of sp³-hybridized carbons (Fsp3) is 0.643. The Labute approximate surface area is 137 Å². The first-order chi connectivity index (χ1) is 10.9. The SMILES string of the molecule is CC1COCCN1c1nc(Cl)nc2c1CCN(C(F)(F)C=O)C2. The van der Waals surface area contributed by atoms with Gasteiger partial charge in [0.25, 0.3) is 0 Å². The van der Waals surface area contributed by atoms with E-state index in [1.54, 1.807) is 0 Å². The Hall–Kier alpha value is -1.38. The molecule has 0 bridgehead atoms. The molecule has 0 aliphatic carbocycles. The summed E-state index contributed by atoms with van der Waals surface area (Å²) in [4.78, 5) is 21.9. The number of hydrogen-bond donors (Lipinski definition) is 0. The van der Waals surface area contributed by atoms with E-state index in [9.17, 15) is 13.6 Å². The monoisotopic (exact) mass is 346 g/mol. The van der Waals surface area contributed by atoms with Gasteiger partial charge in [0.15, 0.2) is 0 Å². The minimum Gasteiger partial charge on any atom is -0.377 e. The highest BCUT2D eigenvalue weighted by molar-refractivity contribution is 6.28. The van der Waals surface area contributed by atoms with Gasteiger partial charge in [-0.25, -0.2) is 14.9 Å². The molecule has 1 atom stereocenters. The molecule has 9 heteroatoms. The van der Waals surface area contributed by atoms with Crippen molar-refractivity contribution in [2.24, 2.45) is 0 Å². The number of aromatic nitrogens is 2. The highest BCUT2D eigenvalue weighted by Gasteiger charge is 2.40. The minimum atomic E-state index is -3.50. The second-order valence-corrected chi connectivity index (χ2v) is 6.07. The van der Waals surface area contributed by atoms with Gasteiger partial charge < -0.3 is 9.64 Å². The van der Waals surface area contributed by atoms with Crippen LogP contribution in [0, 0.1) is 0 Å². The summed E-state index contributed by atoms with van der Waals surface area (Å²) in [6, 6.07) is -3.38. The molecule has 126 valence electrons. The second kappa shape index (κ2) is 6.26. The number of carbonyl (C=O) groups excluding carboxylic acids is 1. The van der Waals surface area contributed by atoms with E-state index in [2.05, 4.69) is 14.9 Å². The van der Waals surface area contributed by atoms with Crippen LogP contribution in [0.4, 0.5) is 14.6 Å². The van der Waals surface area contributed by atoms with Crippen LogP contribution < -0.4 is 4.90 Å². The zero-order valence-corrected chi connectivity index (χ0v) is 13.4. The van der Waals surface area contributed by atoms with Gasteiger partial charge in [-0.1, -0.05) is 0 Å². The maximum Gasteiger partial charge on any atom is 0.361 e. The number of hydrogen-bond acceptors (Lipinski definition) is 6. The molecule has 23 heavy (non-hydrogen) atoms. The number of anilines is 1. The number of alkyl halides is 2. The molecule has 1 aromatic rings. The molecule has 1 aromatic heterocycles. The molecule has 0 saturated carbocycles. The van der Waals surface area contributed by atoms with Crippen LogP contribution in [0.2, 0.25) is 5.28 Å². The number of aldehydes is 1. The Bertz CT molecular complexity index is 617. The van der Waals surface area contributed by atoms with Gasteiger partial charge in [-0.15, -0.1) is 0 Å². The van der Waals surface area contributed by atoms with Crippen molar-refractivity contribution < 1.29 is 18.3 Å². The maximum absolute atomic E-state index is 13.6. The number of ether oxygens (including phenoxy) is 1. The lowest BCUT2D eigenvalue weighted by Crippen LogP contribution is -2.48. The van der Waals surface area contributed by atoms with Crippen LogP contribution in [0.1, 0.15) is 18.2 Å². The first kappa shape index (κ1) is 16.5. The largest absolute Gasteiger partial charge is 0.377 e. The van der Waals surface area contributed by atoms with Crippen molar-refractivity contribution in [2.45, 2.75) is 32.0 Å². The van der Waals surface area contributed by atoms with Crippen molar-refractivity contribution in [1.29, 1.82) is 0 Å². The van der Waals surface area contributed by atoms with E-state index >= 15 is 0 Å². The average molecular weight is 347 g/mol. The standard InChI is InChI=1S/C14H17ClF2N4O2/c1-9-7-23-5-4-21(9)12-10-2-3-20(14(16,17)8-22)6-11(10)18-13(15)19-12/h8-9H,2-7H2,1H3. The quantitative estimate of drug-likeness (QED) is 0.470. The first-order valence-corrected chi connectivity index (χ1v) is 7.79. The van der Waals surface area contributed by atoms with E-state index in [4.69, 9.17) is 16.3 Å². The third-order valence-electron chi connectivity index (χ3n) is 4.22. The van der Waals surface area contributed by atoms with Crippen LogP contribution in [0.3, 0.4) is 0 Å². The van der Waals surface area contributed by atoms with Crippen LogP contribution in [0.25, 0.3) is 0 Å². The number of halogens is 3. The molecule has 0 radical (unpaired) electrons. The number of morpholine rings is 1. The third kappa shape index (κ3) is 3.15. The number of nitrogens with zero attached hydrogens (tertiary/aromatic N) is 4. The summed E-state index contributed by atoms with van der Waals surface area (Å²) in [5.41, 5.74) is 1.27. The van der Waals surface area contributed by atoms with E-state index in [0.717, 1.165) is 10.5 Å². The van der Waals surface area contributed by atoms with E-state index in [-0.39, 0.29) is 30.7 Å². The zero-order chi connectivity index (χ0) is 16.6. The Morgan fingerprint density at radius 1 is 1.39 bits per heavy atom. The van der Waals surface area contributed by atoms with Gasteiger partial charge in [-0.3, -0.25) is 4.79 Å². The van der Waals surface area contributed by atoms with Gasteiger partial charge in [-0.2, -0.15) is 8.78 Å². The molecule has 6 nitrogen and oxygen atoms in total. The number of fused-ring (bicyclic) bond motifs is 1. The van der Waals surface area contributed by atoms with Crippen LogP contribution >= 0.6 is 11.6 Å². The van der Waals surface area contributed by atoms with Crippen molar-refractivity contribution in [2.75, 3.05) is 31.2 Å².